The minimum absolute atomic E-state index is 0.164. The lowest BCUT2D eigenvalue weighted by atomic mass is 9.92. The van der Waals surface area contributed by atoms with Crippen LogP contribution in [0.2, 0.25) is 0 Å². The van der Waals surface area contributed by atoms with Crippen LogP contribution in [0.4, 0.5) is 0 Å². The first-order chi connectivity index (χ1) is 13.4. The average molecular weight is 411 g/mol. The molecule has 2 aromatic rings. The second-order valence-corrected chi connectivity index (χ2v) is 8.20. The van der Waals surface area contributed by atoms with Gasteiger partial charge in [0.05, 0.1) is 19.9 Å². The summed E-state index contributed by atoms with van der Waals surface area (Å²) in [6, 6.07) is 8.22. The zero-order valence-corrected chi connectivity index (χ0v) is 16.7. The van der Waals surface area contributed by atoms with Crippen molar-refractivity contribution in [3.05, 3.63) is 46.8 Å². The Morgan fingerprint density at radius 2 is 2.07 bits per heavy atom. The fourth-order valence-corrected chi connectivity index (χ4v) is 3.48. The summed E-state index contributed by atoms with van der Waals surface area (Å²) in [5.74, 6) is 1.73. The molecule has 1 unspecified atom stereocenters. The first-order valence-electron chi connectivity index (χ1n) is 8.72. The van der Waals surface area contributed by atoms with Crippen LogP contribution in [0.25, 0.3) is 0 Å². The minimum Gasteiger partial charge on any atom is -0.496 e. The number of para-hydroxylation sites is 1. The number of fused-ring (bicyclic) bond motifs is 1. The van der Waals surface area contributed by atoms with E-state index in [9.17, 15) is 8.42 Å². The zero-order valence-electron chi connectivity index (χ0n) is 15.8. The maximum atomic E-state index is 11.3. The lowest BCUT2D eigenvalue weighted by Gasteiger charge is -2.23. The highest BCUT2D eigenvalue weighted by atomic mass is 32.2. The Morgan fingerprint density at radius 3 is 2.75 bits per heavy atom. The van der Waals surface area contributed by atoms with Crippen molar-refractivity contribution in [3.63, 3.8) is 0 Å². The molecule has 0 spiro atoms. The Balaban J connectivity index is 0.000000878. The quantitative estimate of drug-likeness (QED) is 0.577. The summed E-state index contributed by atoms with van der Waals surface area (Å²) in [6.45, 7) is 0.628. The molecule has 0 amide bonds. The Labute approximate surface area is 164 Å². The molecule has 0 saturated heterocycles. The number of carbonyl (C=O) groups is 1. The van der Waals surface area contributed by atoms with E-state index >= 15 is 0 Å². The van der Waals surface area contributed by atoms with E-state index < -0.39 is 10.0 Å². The summed E-state index contributed by atoms with van der Waals surface area (Å²) in [6.07, 6.45) is 3.66. The van der Waals surface area contributed by atoms with Crippen molar-refractivity contribution in [1.29, 1.82) is 0 Å². The van der Waals surface area contributed by atoms with Gasteiger partial charge in [-0.15, -0.1) is 0 Å². The molecule has 1 atom stereocenters. The van der Waals surface area contributed by atoms with Gasteiger partial charge in [-0.05, 0) is 18.9 Å². The highest BCUT2D eigenvalue weighted by Crippen LogP contribution is 2.25. The van der Waals surface area contributed by atoms with E-state index in [4.69, 9.17) is 19.2 Å². The highest BCUT2D eigenvalue weighted by molar-refractivity contribution is 7.88. The molecule has 1 aliphatic rings. The van der Waals surface area contributed by atoms with Gasteiger partial charge >= 0.3 is 0 Å². The molecule has 28 heavy (non-hydrogen) atoms. The van der Waals surface area contributed by atoms with Crippen LogP contribution in [0.1, 0.15) is 29.0 Å². The predicted molar refractivity (Wildman–Crippen MR) is 103 cm³/mol. The van der Waals surface area contributed by atoms with E-state index in [0.717, 1.165) is 48.2 Å². The number of rotatable bonds is 7. The van der Waals surface area contributed by atoms with Gasteiger partial charge in [-0.1, -0.05) is 23.4 Å². The lowest BCUT2D eigenvalue weighted by Crippen LogP contribution is -2.34. The monoisotopic (exact) mass is 411 g/mol. The molecule has 0 radical (unpaired) electrons. The molecule has 1 heterocycles. The number of aromatic nitrogens is 1. The fourth-order valence-electron chi connectivity index (χ4n) is 3.08. The molecule has 3 N–H and O–H groups in total. The van der Waals surface area contributed by atoms with Gasteiger partial charge in [0.1, 0.15) is 17.2 Å². The minimum atomic E-state index is -3.26. The van der Waals surface area contributed by atoms with Crippen LogP contribution in [0.3, 0.4) is 0 Å². The second-order valence-electron chi connectivity index (χ2n) is 6.36. The Kier molecular flexibility index (Phi) is 7.97. The van der Waals surface area contributed by atoms with E-state index in [0.29, 0.717) is 12.2 Å². The number of sulfonamides is 1. The molecule has 0 saturated carbocycles. The number of methoxy groups -OCH3 is 1. The first kappa shape index (κ1) is 21.9. The maximum Gasteiger partial charge on any atom is 0.290 e. The summed E-state index contributed by atoms with van der Waals surface area (Å²) in [7, 11) is -1.58. The van der Waals surface area contributed by atoms with Gasteiger partial charge in [-0.25, -0.2) is 13.1 Å². The van der Waals surface area contributed by atoms with E-state index in [2.05, 4.69) is 15.2 Å². The molecular formula is C18H25N3O6S. The van der Waals surface area contributed by atoms with Gasteiger partial charge in [-0.3, -0.25) is 4.79 Å². The van der Waals surface area contributed by atoms with Crippen LogP contribution in [0.15, 0.2) is 28.8 Å². The summed E-state index contributed by atoms with van der Waals surface area (Å²) < 4.78 is 35.8. The average Bonchev–Trinajstić information content (AvgIpc) is 3.07. The predicted octanol–water partition coefficient (Wildman–Crippen LogP) is 1.08. The van der Waals surface area contributed by atoms with Crippen molar-refractivity contribution >= 4 is 16.5 Å². The van der Waals surface area contributed by atoms with Gasteiger partial charge in [0.2, 0.25) is 10.0 Å². The van der Waals surface area contributed by atoms with Crippen LogP contribution in [0.5, 0.6) is 5.75 Å². The van der Waals surface area contributed by atoms with Crippen molar-refractivity contribution in [3.8, 4) is 5.75 Å². The van der Waals surface area contributed by atoms with E-state index in [1.165, 1.54) is 0 Å². The third-order valence-corrected chi connectivity index (χ3v) is 5.07. The van der Waals surface area contributed by atoms with Gasteiger partial charge < -0.3 is 19.7 Å². The number of benzene rings is 1. The molecule has 0 aliphatic heterocycles. The van der Waals surface area contributed by atoms with Crippen molar-refractivity contribution < 1.29 is 27.6 Å². The van der Waals surface area contributed by atoms with E-state index in [-0.39, 0.29) is 19.1 Å². The topological polar surface area (TPSA) is 131 Å². The van der Waals surface area contributed by atoms with Crippen molar-refractivity contribution in [2.45, 2.75) is 38.4 Å². The second kappa shape index (κ2) is 10.2. The van der Waals surface area contributed by atoms with Crippen molar-refractivity contribution in [1.82, 2.24) is 15.2 Å². The normalized spacial score (nSPS) is 15.9. The van der Waals surface area contributed by atoms with Crippen molar-refractivity contribution in [2.24, 2.45) is 0 Å². The zero-order chi connectivity index (χ0) is 20.6. The van der Waals surface area contributed by atoms with Crippen LogP contribution < -0.4 is 14.8 Å². The maximum absolute atomic E-state index is 11.3. The van der Waals surface area contributed by atoms with Crippen LogP contribution in [-0.2, 0) is 40.7 Å². The van der Waals surface area contributed by atoms with Gasteiger partial charge in [-0.2, -0.15) is 0 Å². The molecule has 0 bridgehead atoms. The SMILES string of the molecule is COc1ccccc1CNC1CCc2onc(CNS(C)(=O)=O)c2C1.O=CO. The number of carboxylic acid groups (broad SMARTS) is 1. The van der Waals surface area contributed by atoms with E-state index in [1.807, 2.05) is 24.3 Å². The van der Waals surface area contributed by atoms with Gasteiger partial charge in [0.15, 0.2) is 0 Å². The number of nitrogens with zero attached hydrogens (tertiary/aromatic N) is 1. The van der Waals surface area contributed by atoms with Crippen LogP contribution in [-0.4, -0.2) is 44.6 Å². The van der Waals surface area contributed by atoms with E-state index in [1.54, 1.807) is 7.11 Å². The summed E-state index contributed by atoms with van der Waals surface area (Å²) in [5, 5.41) is 14.5. The number of ether oxygens (including phenoxy) is 1. The number of hydrogen-bond donors (Lipinski definition) is 3. The molecule has 10 heteroatoms. The largest absolute Gasteiger partial charge is 0.496 e. The molecule has 1 aliphatic carbocycles. The molecule has 1 aromatic heterocycles. The summed E-state index contributed by atoms with van der Waals surface area (Å²) in [5.41, 5.74) is 2.80. The Bertz CT molecular complexity index is 881. The molecule has 1 aromatic carbocycles. The third-order valence-electron chi connectivity index (χ3n) is 4.40. The Morgan fingerprint density at radius 1 is 1.36 bits per heavy atom. The van der Waals surface area contributed by atoms with Crippen LogP contribution in [0, 0.1) is 0 Å². The van der Waals surface area contributed by atoms with Gasteiger partial charge in [0.25, 0.3) is 6.47 Å². The smallest absolute Gasteiger partial charge is 0.290 e. The molecule has 0 fully saturated rings. The standard InChI is InChI=1S/C17H23N3O4S.CH2O2/c1-23-16-6-4-3-5-12(16)10-18-13-7-8-17-14(9-13)15(20-24-17)11-19-25(2,21)22;2-1-3/h3-6,13,18-19H,7-11H2,1-2H3;1H,(H,2,3). The fraction of sp³-hybridized carbons (Fsp3) is 0.444. The third kappa shape index (κ3) is 6.32. The molecule has 154 valence electrons. The number of hydrogen-bond acceptors (Lipinski definition) is 7. The van der Waals surface area contributed by atoms with Crippen LogP contribution >= 0.6 is 0 Å². The Hall–Kier alpha value is -2.43. The molecular weight excluding hydrogens is 386 g/mol. The lowest BCUT2D eigenvalue weighted by molar-refractivity contribution is -0.122. The summed E-state index contributed by atoms with van der Waals surface area (Å²) in [4.78, 5) is 8.36. The van der Waals surface area contributed by atoms with Crippen molar-refractivity contribution in [2.75, 3.05) is 13.4 Å². The molecule has 9 nitrogen and oxygen atoms in total. The molecule has 3 rings (SSSR count). The number of aryl methyl sites for hydroxylation is 1. The highest BCUT2D eigenvalue weighted by Gasteiger charge is 2.25. The number of nitrogens with one attached hydrogen (secondary N) is 2. The summed E-state index contributed by atoms with van der Waals surface area (Å²) >= 11 is 0. The first-order valence-corrected chi connectivity index (χ1v) is 10.6. The van der Waals surface area contributed by atoms with Gasteiger partial charge in [0, 0.05) is 30.1 Å².